The second-order valence-electron chi connectivity index (χ2n) is 8.02. The summed E-state index contributed by atoms with van der Waals surface area (Å²) in [6, 6.07) is 14.0. The van der Waals surface area contributed by atoms with Crippen LogP contribution in [0.4, 0.5) is 0 Å². The van der Waals surface area contributed by atoms with Crippen LogP contribution in [0.1, 0.15) is 62.5 Å². The molecule has 3 aromatic rings. The number of rotatable bonds is 10. The number of nitrogens with one attached hydrogen (secondary N) is 1. The molecule has 160 valence electrons. The molecule has 0 fully saturated rings. The van der Waals surface area contributed by atoms with E-state index < -0.39 is 0 Å². The number of nitrogens with zero attached hydrogens (tertiary/aromatic N) is 2. The lowest BCUT2D eigenvalue weighted by Crippen LogP contribution is -2.32. The van der Waals surface area contributed by atoms with Gasteiger partial charge >= 0.3 is 0 Å². The molecule has 1 atom stereocenters. The molecule has 1 amide bonds. The van der Waals surface area contributed by atoms with Crippen LogP contribution in [-0.2, 0) is 11.3 Å². The lowest BCUT2D eigenvalue weighted by molar-refractivity contribution is -0.123. The zero-order valence-corrected chi connectivity index (χ0v) is 18.6. The van der Waals surface area contributed by atoms with E-state index in [1.807, 2.05) is 57.2 Å². The van der Waals surface area contributed by atoms with E-state index in [1.54, 1.807) is 0 Å². The van der Waals surface area contributed by atoms with E-state index in [1.165, 1.54) is 19.3 Å². The van der Waals surface area contributed by atoms with Gasteiger partial charge in [0.05, 0.1) is 17.1 Å². The molecule has 0 radical (unpaired) electrons. The van der Waals surface area contributed by atoms with Crippen LogP contribution in [0.3, 0.4) is 0 Å². The first-order valence-electron chi connectivity index (χ1n) is 10.9. The summed E-state index contributed by atoms with van der Waals surface area (Å²) in [5.74, 6) is 1.50. The van der Waals surface area contributed by atoms with E-state index in [0.29, 0.717) is 0 Å². The van der Waals surface area contributed by atoms with Crippen LogP contribution < -0.4 is 10.1 Å². The maximum Gasteiger partial charge on any atom is 0.258 e. The molecule has 1 heterocycles. The van der Waals surface area contributed by atoms with Gasteiger partial charge in [-0.1, -0.05) is 50.5 Å². The first-order valence-corrected chi connectivity index (χ1v) is 10.9. The van der Waals surface area contributed by atoms with Gasteiger partial charge in [-0.15, -0.1) is 0 Å². The average molecular weight is 408 g/mol. The molecule has 5 nitrogen and oxygen atoms in total. The van der Waals surface area contributed by atoms with Gasteiger partial charge in [-0.3, -0.25) is 4.79 Å². The molecular weight excluding hydrogens is 374 g/mol. The van der Waals surface area contributed by atoms with Crippen molar-refractivity contribution < 1.29 is 9.53 Å². The number of carbonyl (C=O) groups is 1. The molecule has 5 heteroatoms. The van der Waals surface area contributed by atoms with Gasteiger partial charge in [-0.05, 0) is 56.5 Å². The second kappa shape index (κ2) is 10.3. The third-order valence-corrected chi connectivity index (χ3v) is 5.39. The van der Waals surface area contributed by atoms with E-state index in [0.717, 1.165) is 46.7 Å². The number of fused-ring (bicyclic) bond motifs is 1. The standard InChI is InChI=1S/C25H33N3O2/c1-5-6-7-10-15-28-22-12-9-8-11-21(22)27-25(28)20(4)26-24(29)17-30-23-16-18(2)13-14-19(23)3/h8-9,11-14,16,20H,5-7,10,15,17H2,1-4H3,(H,26,29). The number of aryl methyl sites for hydroxylation is 3. The van der Waals surface area contributed by atoms with Crippen molar-refractivity contribution in [1.82, 2.24) is 14.9 Å². The predicted octanol–water partition coefficient (Wildman–Crippen LogP) is 5.49. The Balaban J connectivity index is 1.68. The van der Waals surface area contributed by atoms with E-state index >= 15 is 0 Å². The van der Waals surface area contributed by atoms with Crippen LogP contribution in [0, 0.1) is 13.8 Å². The maximum absolute atomic E-state index is 12.5. The highest BCUT2D eigenvalue weighted by Crippen LogP contribution is 2.22. The molecule has 1 N–H and O–H groups in total. The Hall–Kier alpha value is -2.82. The summed E-state index contributed by atoms with van der Waals surface area (Å²) in [4.78, 5) is 17.4. The predicted molar refractivity (Wildman–Crippen MR) is 122 cm³/mol. The van der Waals surface area contributed by atoms with Crippen LogP contribution in [0.15, 0.2) is 42.5 Å². The molecule has 0 saturated carbocycles. The summed E-state index contributed by atoms with van der Waals surface area (Å²) in [5.41, 5.74) is 4.23. The van der Waals surface area contributed by atoms with E-state index in [4.69, 9.17) is 9.72 Å². The van der Waals surface area contributed by atoms with Crippen LogP contribution in [0.5, 0.6) is 5.75 Å². The smallest absolute Gasteiger partial charge is 0.258 e. The van der Waals surface area contributed by atoms with E-state index in [2.05, 4.69) is 22.9 Å². The lowest BCUT2D eigenvalue weighted by atomic mass is 10.1. The summed E-state index contributed by atoms with van der Waals surface area (Å²) < 4.78 is 8.01. The Labute approximate surface area is 179 Å². The fourth-order valence-corrected chi connectivity index (χ4v) is 3.71. The van der Waals surface area contributed by atoms with Crippen LogP contribution in [-0.4, -0.2) is 22.1 Å². The molecule has 0 aliphatic rings. The quantitative estimate of drug-likeness (QED) is 0.452. The minimum Gasteiger partial charge on any atom is -0.483 e. The molecule has 0 aliphatic carbocycles. The maximum atomic E-state index is 12.5. The van der Waals surface area contributed by atoms with Gasteiger partial charge in [0, 0.05) is 6.54 Å². The van der Waals surface area contributed by atoms with Crippen molar-refractivity contribution in [1.29, 1.82) is 0 Å². The molecular formula is C25H33N3O2. The summed E-state index contributed by atoms with van der Waals surface area (Å²) in [5, 5.41) is 3.06. The number of imidazole rings is 1. The van der Waals surface area contributed by atoms with Gasteiger partial charge in [0.25, 0.3) is 5.91 Å². The number of hydrogen-bond donors (Lipinski definition) is 1. The summed E-state index contributed by atoms with van der Waals surface area (Å²) in [6.45, 7) is 9.10. The monoisotopic (exact) mass is 407 g/mol. The van der Waals surface area contributed by atoms with E-state index in [-0.39, 0.29) is 18.6 Å². The van der Waals surface area contributed by atoms with Gasteiger partial charge in [-0.25, -0.2) is 4.98 Å². The average Bonchev–Trinajstić information content (AvgIpc) is 3.10. The van der Waals surface area contributed by atoms with Crippen molar-refractivity contribution in [2.45, 2.75) is 66.0 Å². The number of para-hydroxylation sites is 2. The normalized spacial score (nSPS) is 12.1. The van der Waals surface area contributed by atoms with Crippen molar-refractivity contribution >= 4 is 16.9 Å². The minimum absolute atomic E-state index is 0.00857. The molecule has 3 rings (SSSR count). The molecule has 0 bridgehead atoms. The zero-order chi connectivity index (χ0) is 21.5. The van der Waals surface area contributed by atoms with Crippen molar-refractivity contribution in [3.8, 4) is 5.75 Å². The Morgan fingerprint density at radius 3 is 2.73 bits per heavy atom. The molecule has 0 spiro atoms. The number of amides is 1. The number of unbranched alkanes of at least 4 members (excludes halogenated alkanes) is 3. The van der Waals surface area contributed by atoms with Gasteiger partial charge in [-0.2, -0.15) is 0 Å². The number of aromatic nitrogens is 2. The van der Waals surface area contributed by atoms with Gasteiger partial charge in [0.15, 0.2) is 6.61 Å². The third-order valence-electron chi connectivity index (χ3n) is 5.39. The number of carbonyl (C=O) groups excluding carboxylic acids is 1. The Morgan fingerprint density at radius 2 is 1.93 bits per heavy atom. The number of ether oxygens (including phenoxy) is 1. The van der Waals surface area contributed by atoms with Crippen molar-refractivity contribution in [3.63, 3.8) is 0 Å². The molecule has 0 saturated heterocycles. The third kappa shape index (κ3) is 5.41. The highest BCUT2D eigenvalue weighted by atomic mass is 16.5. The second-order valence-corrected chi connectivity index (χ2v) is 8.02. The summed E-state index contributed by atoms with van der Waals surface area (Å²) in [6.07, 6.45) is 4.76. The fraction of sp³-hybridized carbons (Fsp3) is 0.440. The van der Waals surface area contributed by atoms with Crippen LogP contribution >= 0.6 is 0 Å². The summed E-state index contributed by atoms with van der Waals surface area (Å²) >= 11 is 0. The van der Waals surface area contributed by atoms with Crippen molar-refractivity contribution in [2.24, 2.45) is 0 Å². The largest absolute Gasteiger partial charge is 0.483 e. The SMILES string of the molecule is CCCCCCn1c(C(C)NC(=O)COc2cc(C)ccc2C)nc2ccccc21. The Bertz CT molecular complexity index is 993. The van der Waals surface area contributed by atoms with Gasteiger partial charge in [0.1, 0.15) is 11.6 Å². The fourth-order valence-electron chi connectivity index (χ4n) is 3.71. The molecule has 1 aromatic heterocycles. The highest BCUT2D eigenvalue weighted by Gasteiger charge is 2.18. The van der Waals surface area contributed by atoms with Crippen LogP contribution in [0.25, 0.3) is 11.0 Å². The van der Waals surface area contributed by atoms with Crippen LogP contribution in [0.2, 0.25) is 0 Å². The highest BCUT2D eigenvalue weighted by molar-refractivity contribution is 5.79. The molecule has 1 unspecified atom stereocenters. The summed E-state index contributed by atoms with van der Waals surface area (Å²) in [7, 11) is 0. The Kier molecular flexibility index (Phi) is 7.50. The van der Waals surface area contributed by atoms with Crippen molar-refractivity contribution in [3.05, 3.63) is 59.4 Å². The van der Waals surface area contributed by atoms with E-state index in [9.17, 15) is 4.79 Å². The first-order chi connectivity index (χ1) is 14.5. The lowest BCUT2D eigenvalue weighted by Gasteiger charge is -2.17. The molecule has 30 heavy (non-hydrogen) atoms. The Morgan fingerprint density at radius 1 is 1.13 bits per heavy atom. The zero-order valence-electron chi connectivity index (χ0n) is 18.6. The number of hydrogen-bond acceptors (Lipinski definition) is 3. The number of benzene rings is 2. The van der Waals surface area contributed by atoms with Crippen molar-refractivity contribution in [2.75, 3.05) is 6.61 Å². The molecule has 0 aliphatic heterocycles. The first kappa shape index (κ1) is 21.9. The van der Waals surface area contributed by atoms with Gasteiger partial charge in [0.2, 0.25) is 0 Å². The minimum atomic E-state index is -0.196. The molecule has 2 aromatic carbocycles. The van der Waals surface area contributed by atoms with Gasteiger partial charge < -0.3 is 14.6 Å². The topological polar surface area (TPSA) is 56.2 Å².